The highest BCUT2D eigenvalue weighted by atomic mass is 35.5. The van der Waals surface area contributed by atoms with Crippen LogP contribution in [-0.4, -0.2) is 26.9 Å². The maximum atomic E-state index is 6.03. The molecule has 0 aliphatic carbocycles. The molecular formula is C13H18ClNO2. The molecule has 4 heteroatoms. The van der Waals surface area contributed by atoms with Crippen LogP contribution in [0, 0.1) is 0 Å². The van der Waals surface area contributed by atoms with Crippen molar-refractivity contribution >= 4 is 11.6 Å². The number of hydrogen-bond donors (Lipinski definition) is 1. The lowest BCUT2D eigenvalue weighted by Crippen LogP contribution is -2.28. The molecular weight excluding hydrogens is 238 g/mol. The summed E-state index contributed by atoms with van der Waals surface area (Å²) in [6.45, 7) is 0.855. The summed E-state index contributed by atoms with van der Waals surface area (Å²) in [6.07, 6.45) is 2.47. The molecule has 2 unspecified atom stereocenters. The zero-order chi connectivity index (χ0) is 12.3. The number of halogens is 1. The van der Waals surface area contributed by atoms with E-state index in [0.717, 1.165) is 25.0 Å². The van der Waals surface area contributed by atoms with Crippen molar-refractivity contribution in [1.29, 1.82) is 0 Å². The first-order valence-electron chi connectivity index (χ1n) is 5.88. The molecule has 0 bridgehead atoms. The Kier molecular flexibility index (Phi) is 4.26. The van der Waals surface area contributed by atoms with E-state index in [0.29, 0.717) is 10.8 Å². The first-order chi connectivity index (χ1) is 8.26. The fourth-order valence-electron chi connectivity index (χ4n) is 2.30. The number of methoxy groups -OCH3 is 1. The van der Waals surface area contributed by atoms with Crippen LogP contribution in [0.25, 0.3) is 0 Å². The standard InChI is InChI=1S/C13H18ClNO2/c1-15-13(11-4-3-7-17-11)9-5-6-10(14)12(8-9)16-2/h5-6,8,11,13,15H,3-4,7H2,1-2H3. The number of rotatable bonds is 4. The van der Waals surface area contributed by atoms with Crippen LogP contribution in [0.5, 0.6) is 5.75 Å². The molecule has 17 heavy (non-hydrogen) atoms. The highest BCUT2D eigenvalue weighted by molar-refractivity contribution is 6.32. The minimum Gasteiger partial charge on any atom is -0.495 e. The zero-order valence-corrected chi connectivity index (χ0v) is 11.0. The van der Waals surface area contributed by atoms with Crippen molar-refractivity contribution in [2.75, 3.05) is 20.8 Å². The van der Waals surface area contributed by atoms with Gasteiger partial charge in [-0.15, -0.1) is 0 Å². The van der Waals surface area contributed by atoms with Gasteiger partial charge >= 0.3 is 0 Å². The Morgan fingerprint density at radius 3 is 2.94 bits per heavy atom. The molecule has 1 aliphatic rings. The summed E-state index contributed by atoms with van der Waals surface area (Å²) in [7, 11) is 3.58. The van der Waals surface area contributed by atoms with Crippen molar-refractivity contribution in [3.05, 3.63) is 28.8 Å². The predicted molar refractivity (Wildman–Crippen MR) is 68.8 cm³/mol. The fourth-order valence-corrected chi connectivity index (χ4v) is 2.50. The van der Waals surface area contributed by atoms with Crippen molar-refractivity contribution in [2.24, 2.45) is 0 Å². The maximum absolute atomic E-state index is 6.03. The maximum Gasteiger partial charge on any atom is 0.137 e. The zero-order valence-electron chi connectivity index (χ0n) is 10.2. The Morgan fingerprint density at radius 2 is 2.35 bits per heavy atom. The van der Waals surface area contributed by atoms with Crippen molar-refractivity contribution < 1.29 is 9.47 Å². The second kappa shape index (κ2) is 5.71. The smallest absolute Gasteiger partial charge is 0.137 e. The summed E-state index contributed by atoms with van der Waals surface area (Å²) in [5.74, 6) is 0.711. The van der Waals surface area contributed by atoms with Crippen molar-refractivity contribution in [1.82, 2.24) is 5.32 Å². The van der Waals surface area contributed by atoms with Gasteiger partial charge in [0.05, 0.1) is 24.3 Å². The fraction of sp³-hybridized carbons (Fsp3) is 0.538. The van der Waals surface area contributed by atoms with E-state index >= 15 is 0 Å². The average molecular weight is 256 g/mol. The molecule has 1 saturated heterocycles. The molecule has 0 spiro atoms. The number of nitrogens with one attached hydrogen (secondary N) is 1. The summed E-state index contributed by atoms with van der Waals surface area (Å²) in [4.78, 5) is 0. The molecule has 3 nitrogen and oxygen atoms in total. The molecule has 2 rings (SSSR count). The second-order valence-electron chi connectivity index (χ2n) is 4.21. The third kappa shape index (κ3) is 2.73. The Morgan fingerprint density at radius 1 is 1.53 bits per heavy atom. The molecule has 1 aromatic rings. The van der Waals surface area contributed by atoms with Crippen LogP contribution in [0.2, 0.25) is 5.02 Å². The number of ether oxygens (including phenoxy) is 2. The Labute approximate surface area is 107 Å². The minimum absolute atomic E-state index is 0.198. The van der Waals surface area contributed by atoms with E-state index in [1.807, 2.05) is 25.2 Å². The lowest BCUT2D eigenvalue weighted by Gasteiger charge is -2.23. The van der Waals surface area contributed by atoms with Crippen LogP contribution < -0.4 is 10.1 Å². The Bertz CT molecular complexity index is 378. The highest BCUT2D eigenvalue weighted by Crippen LogP contribution is 2.32. The molecule has 1 heterocycles. The van der Waals surface area contributed by atoms with Gasteiger partial charge in [0.15, 0.2) is 0 Å². The van der Waals surface area contributed by atoms with Gasteiger partial charge in [0.25, 0.3) is 0 Å². The van der Waals surface area contributed by atoms with E-state index in [9.17, 15) is 0 Å². The summed E-state index contributed by atoms with van der Waals surface area (Å²) in [5.41, 5.74) is 1.15. The lowest BCUT2D eigenvalue weighted by atomic mass is 9.99. The number of likely N-dealkylation sites (N-methyl/N-ethyl adjacent to an activating group) is 1. The van der Waals surface area contributed by atoms with Gasteiger partial charge in [0, 0.05) is 6.61 Å². The molecule has 1 fully saturated rings. The van der Waals surface area contributed by atoms with Gasteiger partial charge in [0.2, 0.25) is 0 Å². The van der Waals surface area contributed by atoms with E-state index in [2.05, 4.69) is 5.32 Å². The lowest BCUT2D eigenvalue weighted by molar-refractivity contribution is 0.0807. The molecule has 1 aromatic carbocycles. The molecule has 94 valence electrons. The van der Waals surface area contributed by atoms with Crippen LogP contribution >= 0.6 is 11.6 Å². The van der Waals surface area contributed by atoms with Crippen LogP contribution in [0.3, 0.4) is 0 Å². The quantitative estimate of drug-likeness (QED) is 0.898. The number of hydrogen-bond acceptors (Lipinski definition) is 3. The van der Waals surface area contributed by atoms with Gasteiger partial charge in [-0.25, -0.2) is 0 Å². The Hall–Kier alpha value is -0.770. The predicted octanol–water partition coefficient (Wildman–Crippen LogP) is 2.79. The number of benzene rings is 1. The van der Waals surface area contributed by atoms with Gasteiger partial charge < -0.3 is 14.8 Å². The Balaban J connectivity index is 2.23. The van der Waals surface area contributed by atoms with Crippen LogP contribution in [-0.2, 0) is 4.74 Å². The monoisotopic (exact) mass is 255 g/mol. The largest absolute Gasteiger partial charge is 0.495 e. The van der Waals surface area contributed by atoms with Crippen LogP contribution in [0.1, 0.15) is 24.4 Å². The van der Waals surface area contributed by atoms with Gasteiger partial charge in [-0.1, -0.05) is 17.7 Å². The normalized spacial score (nSPS) is 21.5. The summed E-state index contributed by atoms with van der Waals surface area (Å²) < 4.78 is 11.0. The van der Waals surface area contributed by atoms with E-state index in [1.54, 1.807) is 7.11 Å². The molecule has 0 radical (unpaired) electrons. The van der Waals surface area contributed by atoms with Gasteiger partial charge in [0.1, 0.15) is 5.75 Å². The van der Waals surface area contributed by atoms with E-state index in [1.165, 1.54) is 0 Å². The summed E-state index contributed by atoms with van der Waals surface area (Å²) in [6, 6.07) is 6.07. The van der Waals surface area contributed by atoms with E-state index in [4.69, 9.17) is 21.1 Å². The van der Waals surface area contributed by atoms with E-state index in [-0.39, 0.29) is 12.1 Å². The third-order valence-electron chi connectivity index (χ3n) is 3.18. The highest BCUT2D eigenvalue weighted by Gasteiger charge is 2.26. The molecule has 0 aromatic heterocycles. The van der Waals surface area contributed by atoms with E-state index < -0.39 is 0 Å². The first-order valence-corrected chi connectivity index (χ1v) is 6.26. The van der Waals surface area contributed by atoms with Crippen molar-refractivity contribution in [3.8, 4) is 5.75 Å². The third-order valence-corrected chi connectivity index (χ3v) is 3.49. The van der Waals surface area contributed by atoms with Crippen LogP contribution in [0.4, 0.5) is 0 Å². The average Bonchev–Trinajstić information content (AvgIpc) is 2.86. The minimum atomic E-state index is 0.198. The topological polar surface area (TPSA) is 30.5 Å². The van der Waals surface area contributed by atoms with Gasteiger partial charge in [-0.3, -0.25) is 0 Å². The summed E-state index contributed by atoms with van der Waals surface area (Å²) in [5, 5.41) is 3.94. The van der Waals surface area contributed by atoms with Crippen molar-refractivity contribution in [3.63, 3.8) is 0 Å². The van der Waals surface area contributed by atoms with Crippen molar-refractivity contribution in [2.45, 2.75) is 25.0 Å². The molecule has 2 atom stereocenters. The second-order valence-corrected chi connectivity index (χ2v) is 4.62. The summed E-state index contributed by atoms with van der Waals surface area (Å²) >= 11 is 6.03. The molecule has 0 amide bonds. The molecule has 1 N–H and O–H groups in total. The van der Waals surface area contributed by atoms with Gasteiger partial charge in [-0.2, -0.15) is 0 Å². The van der Waals surface area contributed by atoms with Crippen LogP contribution in [0.15, 0.2) is 18.2 Å². The first kappa shape index (κ1) is 12.7. The van der Waals surface area contributed by atoms with Gasteiger partial charge in [-0.05, 0) is 37.6 Å². The molecule has 1 aliphatic heterocycles. The molecule has 0 saturated carbocycles. The SMILES string of the molecule is CNC(c1ccc(Cl)c(OC)c1)C1CCCO1.